The SMILES string of the molecule is CCCCOc1ccc(C(O)=C2C(=O)C(=O)N(c3nc(C)c(C(=O)OCC)s3)[C@@H]2c2cccc(OC)c2)cc1. The molecule has 0 spiro atoms. The molecule has 1 aliphatic rings. The fourth-order valence-electron chi connectivity index (χ4n) is 4.23. The summed E-state index contributed by atoms with van der Waals surface area (Å²) in [5, 5.41) is 11.5. The molecule has 1 N–H and O–H groups in total. The number of aromatic nitrogens is 1. The number of anilines is 1. The lowest BCUT2D eigenvalue weighted by molar-refractivity contribution is -0.132. The van der Waals surface area contributed by atoms with Gasteiger partial charge in [0.05, 0.1) is 37.6 Å². The van der Waals surface area contributed by atoms with Gasteiger partial charge in [0.15, 0.2) is 5.13 Å². The third-order valence-electron chi connectivity index (χ3n) is 6.20. The molecule has 39 heavy (non-hydrogen) atoms. The summed E-state index contributed by atoms with van der Waals surface area (Å²) < 4.78 is 16.2. The second kappa shape index (κ2) is 12.1. The fraction of sp³-hybridized carbons (Fsp3) is 0.310. The Bertz CT molecular complexity index is 1410. The molecule has 0 radical (unpaired) electrons. The van der Waals surface area contributed by atoms with Crippen LogP contribution in [-0.2, 0) is 14.3 Å². The monoisotopic (exact) mass is 550 g/mol. The summed E-state index contributed by atoms with van der Waals surface area (Å²) in [4.78, 5) is 45.2. The van der Waals surface area contributed by atoms with Crippen molar-refractivity contribution in [3.05, 3.63) is 75.8 Å². The van der Waals surface area contributed by atoms with Gasteiger partial charge in [0.2, 0.25) is 0 Å². The Balaban J connectivity index is 1.82. The number of nitrogens with zero attached hydrogens (tertiary/aromatic N) is 2. The molecule has 4 rings (SSSR count). The van der Waals surface area contributed by atoms with Crippen LogP contribution >= 0.6 is 11.3 Å². The minimum Gasteiger partial charge on any atom is -0.507 e. The number of aliphatic hydroxyl groups excluding tert-OH is 1. The number of carbonyl (C=O) groups is 3. The Hall–Kier alpha value is -4.18. The number of aliphatic hydroxyl groups is 1. The summed E-state index contributed by atoms with van der Waals surface area (Å²) in [5.41, 5.74) is 1.16. The molecule has 0 bridgehead atoms. The first-order valence-electron chi connectivity index (χ1n) is 12.6. The number of ether oxygens (including phenoxy) is 3. The number of hydrogen-bond donors (Lipinski definition) is 1. The van der Waals surface area contributed by atoms with Gasteiger partial charge in [-0.3, -0.25) is 14.5 Å². The zero-order chi connectivity index (χ0) is 28.1. The summed E-state index contributed by atoms with van der Waals surface area (Å²) >= 11 is 0.955. The second-order valence-electron chi connectivity index (χ2n) is 8.80. The molecule has 1 saturated heterocycles. The van der Waals surface area contributed by atoms with E-state index in [9.17, 15) is 19.5 Å². The van der Waals surface area contributed by atoms with Crippen molar-refractivity contribution >= 4 is 39.9 Å². The molecule has 1 fully saturated rings. The summed E-state index contributed by atoms with van der Waals surface area (Å²) in [7, 11) is 1.51. The molecule has 2 aromatic carbocycles. The highest BCUT2D eigenvalue weighted by molar-refractivity contribution is 7.17. The quantitative estimate of drug-likeness (QED) is 0.117. The molecular formula is C29H30N2O7S. The van der Waals surface area contributed by atoms with Crippen molar-refractivity contribution in [1.82, 2.24) is 4.98 Å². The van der Waals surface area contributed by atoms with Crippen LogP contribution in [0.2, 0.25) is 0 Å². The standard InChI is InChI=1S/C29H30N2O7S/c1-5-7-15-38-20-13-11-18(12-14-20)24(32)22-23(19-9-8-10-21(16-19)36-4)31(27(34)25(22)33)29-30-17(3)26(39-29)28(35)37-6-2/h8-14,16,23,32H,5-7,15H2,1-4H3/t23-/m1/s1. The highest BCUT2D eigenvalue weighted by atomic mass is 32.1. The number of thiazole rings is 1. The number of rotatable bonds is 10. The third kappa shape index (κ3) is 5.65. The van der Waals surface area contributed by atoms with Crippen LogP contribution < -0.4 is 14.4 Å². The maximum atomic E-state index is 13.4. The number of aryl methyl sites for hydroxylation is 1. The number of unbranched alkanes of at least 4 members (excludes halogenated alkanes) is 1. The van der Waals surface area contributed by atoms with Crippen molar-refractivity contribution in [3.63, 3.8) is 0 Å². The average Bonchev–Trinajstić information content (AvgIpc) is 3.45. The topological polar surface area (TPSA) is 115 Å². The number of carbonyl (C=O) groups excluding carboxylic acids is 3. The normalized spacial score (nSPS) is 16.4. The predicted octanol–water partition coefficient (Wildman–Crippen LogP) is 5.44. The molecule has 3 aromatic rings. The van der Waals surface area contributed by atoms with Crippen molar-refractivity contribution < 1.29 is 33.7 Å². The van der Waals surface area contributed by atoms with Gasteiger partial charge < -0.3 is 19.3 Å². The van der Waals surface area contributed by atoms with Crippen molar-refractivity contribution in [3.8, 4) is 11.5 Å². The van der Waals surface area contributed by atoms with Crippen LogP contribution in [0, 0.1) is 6.92 Å². The van der Waals surface area contributed by atoms with E-state index in [-0.39, 0.29) is 27.9 Å². The second-order valence-corrected chi connectivity index (χ2v) is 9.78. The number of hydrogen-bond acceptors (Lipinski definition) is 9. The Morgan fingerprint density at radius 1 is 1.10 bits per heavy atom. The van der Waals surface area contributed by atoms with Crippen molar-refractivity contribution in [2.45, 2.75) is 39.7 Å². The minimum absolute atomic E-state index is 0.0987. The summed E-state index contributed by atoms with van der Waals surface area (Å²) in [5.74, 6) is -1.48. The third-order valence-corrected chi connectivity index (χ3v) is 7.34. The average molecular weight is 551 g/mol. The molecule has 9 nitrogen and oxygen atoms in total. The molecule has 1 aliphatic heterocycles. The van der Waals surface area contributed by atoms with E-state index in [1.807, 2.05) is 0 Å². The van der Waals surface area contributed by atoms with Crippen molar-refractivity contribution in [1.29, 1.82) is 0 Å². The lowest BCUT2D eigenvalue weighted by Gasteiger charge is -2.23. The summed E-state index contributed by atoms with van der Waals surface area (Å²) in [6.45, 7) is 6.16. The smallest absolute Gasteiger partial charge is 0.350 e. The molecular weight excluding hydrogens is 520 g/mol. The number of Topliss-reactive ketones (excluding diaryl/α,β-unsaturated/α-hetero) is 1. The predicted molar refractivity (Wildman–Crippen MR) is 147 cm³/mol. The highest BCUT2D eigenvalue weighted by Crippen LogP contribution is 2.44. The molecule has 10 heteroatoms. The van der Waals surface area contributed by atoms with E-state index in [0.717, 1.165) is 24.2 Å². The number of benzene rings is 2. The first-order valence-corrected chi connectivity index (χ1v) is 13.4. The van der Waals surface area contributed by atoms with Crippen LogP contribution in [0.3, 0.4) is 0 Å². The van der Waals surface area contributed by atoms with Crippen LogP contribution in [0.15, 0.2) is 54.1 Å². The lowest BCUT2D eigenvalue weighted by atomic mass is 9.95. The summed E-state index contributed by atoms with van der Waals surface area (Å²) in [6, 6.07) is 12.6. The van der Waals surface area contributed by atoms with Gasteiger partial charge in [0.25, 0.3) is 5.78 Å². The van der Waals surface area contributed by atoms with Crippen LogP contribution in [0.4, 0.5) is 5.13 Å². The van der Waals surface area contributed by atoms with Gasteiger partial charge in [-0.25, -0.2) is 9.78 Å². The molecule has 1 aromatic heterocycles. The number of ketones is 1. The fourth-order valence-corrected chi connectivity index (χ4v) is 5.21. The van der Waals surface area contributed by atoms with Crippen LogP contribution in [0.5, 0.6) is 11.5 Å². The minimum atomic E-state index is -1.01. The highest BCUT2D eigenvalue weighted by Gasteiger charge is 2.48. The van der Waals surface area contributed by atoms with E-state index in [4.69, 9.17) is 14.2 Å². The zero-order valence-corrected chi connectivity index (χ0v) is 23.0. The lowest BCUT2D eigenvalue weighted by Crippen LogP contribution is -2.29. The van der Waals surface area contributed by atoms with Gasteiger partial charge in [0.1, 0.15) is 22.1 Å². The van der Waals surface area contributed by atoms with E-state index in [0.29, 0.717) is 34.9 Å². The number of amides is 1. The van der Waals surface area contributed by atoms with E-state index in [2.05, 4.69) is 11.9 Å². The van der Waals surface area contributed by atoms with Gasteiger partial charge in [-0.05, 0) is 62.2 Å². The van der Waals surface area contributed by atoms with Gasteiger partial charge >= 0.3 is 11.9 Å². The number of methoxy groups -OCH3 is 1. The molecule has 1 amide bonds. The molecule has 0 aliphatic carbocycles. The molecule has 2 heterocycles. The largest absolute Gasteiger partial charge is 0.507 e. The Morgan fingerprint density at radius 2 is 1.85 bits per heavy atom. The van der Waals surface area contributed by atoms with Crippen LogP contribution in [0.25, 0.3) is 5.76 Å². The Morgan fingerprint density at radius 3 is 2.51 bits per heavy atom. The Kier molecular flexibility index (Phi) is 8.65. The molecule has 204 valence electrons. The van der Waals surface area contributed by atoms with E-state index < -0.39 is 23.7 Å². The van der Waals surface area contributed by atoms with E-state index in [1.165, 1.54) is 12.0 Å². The van der Waals surface area contributed by atoms with Gasteiger partial charge in [0, 0.05) is 5.56 Å². The molecule has 0 unspecified atom stereocenters. The van der Waals surface area contributed by atoms with Crippen LogP contribution in [0.1, 0.15) is 59.2 Å². The first kappa shape index (κ1) is 27.8. The van der Waals surface area contributed by atoms with Crippen molar-refractivity contribution in [2.24, 2.45) is 0 Å². The zero-order valence-electron chi connectivity index (χ0n) is 22.2. The van der Waals surface area contributed by atoms with Crippen LogP contribution in [-0.4, -0.2) is 48.1 Å². The van der Waals surface area contributed by atoms with Gasteiger partial charge in [-0.15, -0.1) is 0 Å². The van der Waals surface area contributed by atoms with E-state index in [1.54, 1.807) is 62.4 Å². The van der Waals surface area contributed by atoms with Gasteiger partial charge in [-0.2, -0.15) is 0 Å². The number of esters is 1. The van der Waals surface area contributed by atoms with E-state index >= 15 is 0 Å². The first-order chi connectivity index (χ1) is 18.8. The Labute approximate surface area is 230 Å². The summed E-state index contributed by atoms with van der Waals surface area (Å²) in [6.07, 6.45) is 1.92. The maximum absolute atomic E-state index is 13.4. The van der Waals surface area contributed by atoms with Gasteiger partial charge in [-0.1, -0.05) is 36.8 Å². The molecule has 0 saturated carbocycles. The van der Waals surface area contributed by atoms with Crippen molar-refractivity contribution in [2.75, 3.05) is 25.2 Å². The molecule has 1 atom stereocenters. The maximum Gasteiger partial charge on any atom is 0.350 e.